The van der Waals surface area contributed by atoms with Crippen molar-refractivity contribution in [2.75, 3.05) is 31.9 Å². The van der Waals surface area contributed by atoms with E-state index in [0.29, 0.717) is 19.5 Å². The van der Waals surface area contributed by atoms with Crippen LogP contribution in [0.5, 0.6) is 0 Å². The number of likely N-dealkylation sites (tertiary alicyclic amines) is 1. The molecule has 1 aliphatic heterocycles. The van der Waals surface area contributed by atoms with Crippen LogP contribution in [0.15, 0.2) is 0 Å². The molecule has 6 nitrogen and oxygen atoms in total. The topological polar surface area (TPSA) is 92.5 Å². The molecule has 1 fully saturated rings. The third-order valence-corrected chi connectivity index (χ3v) is 5.19. The van der Waals surface area contributed by atoms with E-state index in [1.807, 2.05) is 0 Å². The van der Waals surface area contributed by atoms with Crippen molar-refractivity contribution < 1.29 is 13.2 Å². The van der Waals surface area contributed by atoms with Crippen molar-refractivity contribution in [3.63, 3.8) is 0 Å². The zero-order valence-corrected chi connectivity index (χ0v) is 15.2. The SMILES string of the molecule is CCCCCCCCNCCCN1CC(CS(N)(=O)=O)CC1=O. The smallest absolute Gasteiger partial charge is 0.222 e. The van der Waals surface area contributed by atoms with Gasteiger partial charge in [0.05, 0.1) is 5.75 Å². The van der Waals surface area contributed by atoms with Gasteiger partial charge in [-0.3, -0.25) is 4.79 Å². The number of hydrogen-bond donors (Lipinski definition) is 2. The highest BCUT2D eigenvalue weighted by atomic mass is 32.2. The number of carbonyl (C=O) groups is 1. The van der Waals surface area contributed by atoms with Crippen molar-refractivity contribution in [2.45, 2.75) is 58.3 Å². The fraction of sp³-hybridized carbons (Fsp3) is 0.938. The van der Waals surface area contributed by atoms with E-state index < -0.39 is 10.0 Å². The molecule has 0 spiro atoms. The monoisotopic (exact) mass is 347 g/mol. The molecule has 0 aliphatic carbocycles. The van der Waals surface area contributed by atoms with Crippen LogP contribution in [-0.4, -0.2) is 51.2 Å². The Morgan fingerprint density at radius 1 is 1.13 bits per heavy atom. The van der Waals surface area contributed by atoms with Gasteiger partial charge in [0.2, 0.25) is 15.9 Å². The van der Waals surface area contributed by atoms with Crippen molar-refractivity contribution in [1.82, 2.24) is 10.2 Å². The minimum Gasteiger partial charge on any atom is -0.342 e. The summed E-state index contributed by atoms with van der Waals surface area (Å²) in [5.74, 6) is -0.186. The van der Waals surface area contributed by atoms with Crippen LogP contribution in [0.4, 0.5) is 0 Å². The van der Waals surface area contributed by atoms with E-state index in [0.717, 1.165) is 19.5 Å². The van der Waals surface area contributed by atoms with Crippen LogP contribution in [-0.2, 0) is 14.8 Å². The first-order chi connectivity index (χ1) is 10.9. The highest BCUT2D eigenvalue weighted by molar-refractivity contribution is 7.89. The zero-order valence-electron chi connectivity index (χ0n) is 14.4. The van der Waals surface area contributed by atoms with Crippen molar-refractivity contribution in [3.05, 3.63) is 0 Å². The summed E-state index contributed by atoms with van der Waals surface area (Å²) in [6, 6.07) is 0. The van der Waals surface area contributed by atoms with Crippen LogP contribution < -0.4 is 10.5 Å². The van der Waals surface area contributed by atoms with Gasteiger partial charge in [-0.25, -0.2) is 13.6 Å². The lowest BCUT2D eigenvalue weighted by Gasteiger charge is -2.16. The van der Waals surface area contributed by atoms with Gasteiger partial charge in [0, 0.05) is 25.4 Å². The summed E-state index contributed by atoms with van der Waals surface area (Å²) in [4.78, 5) is 13.6. The summed E-state index contributed by atoms with van der Waals surface area (Å²) in [7, 11) is -3.49. The summed E-state index contributed by atoms with van der Waals surface area (Å²) in [5.41, 5.74) is 0. The van der Waals surface area contributed by atoms with Crippen LogP contribution in [0.25, 0.3) is 0 Å². The average molecular weight is 348 g/mol. The van der Waals surface area contributed by atoms with Crippen LogP contribution in [0.2, 0.25) is 0 Å². The average Bonchev–Trinajstić information content (AvgIpc) is 2.78. The molecule has 1 saturated heterocycles. The van der Waals surface area contributed by atoms with Gasteiger partial charge in [-0.1, -0.05) is 39.0 Å². The minimum atomic E-state index is -3.49. The lowest BCUT2D eigenvalue weighted by atomic mass is 10.1. The van der Waals surface area contributed by atoms with Gasteiger partial charge in [-0.2, -0.15) is 0 Å². The first-order valence-electron chi connectivity index (χ1n) is 8.91. The van der Waals surface area contributed by atoms with Gasteiger partial charge in [0.25, 0.3) is 0 Å². The highest BCUT2D eigenvalue weighted by Crippen LogP contribution is 2.18. The molecule has 3 N–H and O–H groups in total. The number of primary sulfonamides is 1. The molecule has 1 rings (SSSR count). The Labute approximate surface area is 141 Å². The lowest BCUT2D eigenvalue weighted by molar-refractivity contribution is -0.127. The largest absolute Gasteiger partial charge is 0.342 e. The quantitative estimate of drug-likeness (QED) is 0.493. The molecule has 1 atom stereocenters. The van der Waals surface area contributed by atoms with Crippen molar-refractivity contribution in [2.24, 2.45) is 11.1 Å². The highest BCUT2D eigenvalue weighted by Gasteiger charge is 2.31. The second-order valence-corrected chi connectivity index (χ2v) is 8.27. The Morgan fingerprint density at radius 3 is 2.48 bits per heavy atom. The zero-order chi connectivity index (χ0) is 17.1. The number of sulfonamides is 1. The standard InChI is InChI=1S/C16H33N3O3S/c1-2-3-4-5-6-7-9-18-10-8-11-19-13-15(12-16(19)20)14-23(17,21)22/h15,18H,2-14H2,1H3,(H2,17,21,22). The number of rotatable bonds is 13. The molecule has 1 aliphatic rings. The molecular weight excluding hydrogens is 314 g/mol. The maximum atomic E-state index is 11.8. The van der Waals surface area contributed by atoms with E-state index in [-0.39, 0.29) is 17.6 Å². The number of hydrogen-bond acceptors (Lipinski definition) is 4. The van der Waals surface area contributed by atoms with E-state index in [4.69, 9.17) is 5.14 Å². The number of nitrogens with one attached hydrogen (secondary N) is 1. The fourth-order valence-corrected chi connectivity index (χ4v) is 3.94. The van der Waals surface area contributed by atoms with Gasteiger partial charge in [0.1, 0.15) is 0 Å². The maximum absolute atomic E-state index is 11.8. The molecule has 1 amide bonds. The fourth-order valence-electron chi connectivity index (χ4n) is 3.06. The summed E-state index contributed by atoms with van der Waals surface area (Å²) in [5, 5.41) is 8.46. The Morgan fingerprint density at radius 2 is 1.78 bits per heavy atom. The predicted molar refractivity (Wildman–Crippen MR) is 93.5 cm³/mol. The van der Waals surface area contributed by atoms with Gasteiger partial charge < -0.3 is 10.2 Å². The molecule has 0 bridgehead atoms. The third-order valence-electron chi connectivity index (χ3n) is 4.25. The summed E-state index contributed by atoms with van der Waals surface area (Å²) >= 11 is 0. The molecule has 23 heavy (non-hydrogen) atoms. The normalized spacial score (nSPS) is 18.8. The van der Waals surface area contributed by atoms with Crippen LogP contribution in [0.3, 0.4) is 0 Å². The van der Waals surface area contributed by atoms with Gasteiger partial charge in [-0.05, 0) is 25.9 Å². The van der Waals surface area contributed by atoms with Crippen molar-refractivity contribution in [1.29, 1.82) is 0 Å². The Balaban J connectivity index is 2.00. The molecule has 0 saturated carbocycles. The first kappa shape index (κ1) is 20.4. The molecule has 0 radical (unpaired) electrons. The van der Waals surface area contributed by atoms with E-state index in [1.54, 1.807) is 4.90 Å². The number of nitrogens with two attached hydrogens (primary N) is 1. The Bertz CT molecular complexity index is 440. The molecule has 136 valence electrons. The molecule has 1 heterocycles. The molecular formula is C16H33N3O3S. The molecule has 7 heteroatoms. The van der Waals surface area contributed by atoms with Crippen LogP contribution in [0.1, 0.15) is 58.3 Å². The summed E-state index contributed by atoms with van der Waals surface area (Å²) < 4.78 is 22.2. The maximum Gasteiger partial charge on any atom is 0.222 e. The van der Waals surface area contributed by atoms with Crippen LogP contribution >= 0.6 is 0 Å². The van der Waals surface area contributed by atoms with E-state index >= 15 is 0 Å². The predicted octanol–water partition coefficient (Wildman–Crippen LogP) is 1.46. The summed E-state index contributed by atoms with van der Waals surface area (Å²) in [6.07, 6.45) is 8.99. The third kappa shape index (κ3) is 9.94. The van der Waals surface area contributed by atoms with Crippen molar-refractivity contribution in [3.8, 4) is 0 Å². The molecule has 1 unspecified atom stereocenters. The lowest BCUT2D eigenvalue weighted by Crippen LogP contribution is -2.30. The van der Waals surface area contributed by atoms with Crippen LogP contribution in [0, 0.1) is 5.92 Å². The van der Waals surface area contributed by atoms with Gasteiger partial charge in [-0.15, -0.1) is 0 Å². The minimum absolute atomic E-state index is 0.0505. The molecule has 0 aromatic carbocycles. The Hall–Kier alpha value is -0.660. The number of nitrogens with zero attached hydrogens (tertiary/aromatic N) is 1. The molecule has 0 aromatic rings. The van der Waals surface area contributed by atoms with E-state index in [2.05, 4.69) is 12.2 Å². The number of carbonyl (C=O) groups excluding carboxylic acids is 1. The first-order valence-corrected chi connectivity index (χ1v) is 10.6. The second kappa shape index (κ2) is 11.0. The second-order valence-electron chi connectivity index (χ2n) is 6.61. The number of unbranched alkanes of at least 4 members (excludes halogenated alkanes) is 5. The molecule has 0 aromatic heterocycles. The van der Waals surface area contributed by atoms with Crippen molar-refractivity contribution >= 4 is 15.9 Å². The van der Waals surface area contributed by atoms with Gasteiger partial charge in [0.15, 0.2) is 0 Å². The van der Waals surface area contributed by atoms with Gasteiger partial charge >= 0.3 is 0 Å². The van der Waals surface area contributed by atoms with E-state index in [1.165, 1.54) is 38.5 Å². The van der Waals surface area contributed by atoms with E-state index in [9.17, 15) is 13.2 Å². The summed E-state index contributed by atoms with van der Waals surface area (Å²) in [6.45, 7) is 5.38. The Kier molecular flexibility index (Phi) is 9.74. The number of amides is 1.